The number of halogens is 3. The highest BCUT2D eigenvalue weighted by atomic mass is 19.4. The number of ether oxygens (including phenoxy) is 1. The highest BCUT2D eigenvalue weighted by molar-refractivity contribution is 5.73. The van der Waals surface area contributed by atoms with E-state index in [1.807, 2.05) is 0 Å². The first kappa shape index (κ1) is 22.3. The van der Waals surface area contributed by atoms with E-state index in [2.05, 4.69) is 27.3 Å². The van der Waals surface area contributed by atoms with Crippen molar-refractivity contribution in [1.29, 1.82) is 0 Å². The molecular weight excluding hydrogens is 371 g/mol. The first-order chi connectivity index (χ1) is 13.3. The zero-order valence-electron chi connectivity index (χ0n) is 16.4. The molecule has 1 fully saturated rings. The van der Waals surface area contributed by atoms with Gasteiger partial charge in [-0.1, -0.05) is 31.4 Å². The lowest BCUT2D eigenvalue weighted by atomic mass is 9.94. The molecule has 0 aromatic heterocycles. The molecular formula is C20H30F3N3O2. The fourth-order valence-electron chi connectivity index (χ4n) is 3.35. The standard InChI is InChI=1S/C20H30F3N3O2/c1-26(17-6-3-2-4-7-17)13-5-12-24-19(27)25-14-16-8-10-18(11-9-16)28-15-20(21,22)23/h8-11,17H,2-7,12-15H2,1H3,(H2,24,25,27). The monoisotopic (exact) mass is 401 g/mol. The fraction of sp³-hybridized carbons (Fsp3) is 0.650. The maximum Gasteiger partial charge on any atom is 0.422 e. The van der Waals surface area contributed by atoms with Crippen LogP contribution in [0.3, 0.4) is 0 Å². The van der Waals surface area contributed by atoms with Crippen molar-refractivity contribution in [2.24, 2.45) is 0 Å². The summed E-state index contributed by atoms with van der Waals surface area (Å²) >= 11 is 0. The number of alkyl halides is 3. The van der Waals surface area contributed by atoms with E-state index in [-0.39, 0.29) is 11.8 Å². The van der Waals surface area contributed by atoms with Gasteiger partial charge in [-0.05, 0) is 50.6 Å². The third kappa shape index (κ3) is 8.82. The molecule has 8 heteroatoms. The number of hydrogen-bond donors (Lipinski definition) is 2. The molecule has 0 unspecified atom stereocenters. The lowest BCUT2D eigenvalue weighted by Gasteiger charge is -2.31. The minimum atomic E-state index is -4.36. The molecule has 1 saturated carbocycles. The number of carbonyl (C=O) groups is 1. The van der Waals surface area contributed by atoms with E-state index in [1.54, 1.807) is 12.1 Å². The van der Waals surface area contributed by atoms with E-state index in [1.165, 1.54) is 44.2 Å². The van der Waals surface area contributed by atoms with Crippen LogP contribution >= 0.6 is 0 Å². The smallest absolute Gasteiger partial charge is 0.422 e. The van der Waals surface area contributed by atoms with Crippen molar-refractivity contribution >= 4 is 6.03 Å². The number of carbonyl (C=O) groups excluding carboxylic acids is 1. The summed E-state index contributed by atoms with van der Waals surface area (Å²) in [6, 6.07) is 6.60. The van der Waals surface area contributed by atoms with E-state index >= 15 is 0 Å². The van der Waals surface area contributed by atoms with Crippen LogP contribution in [0, 0.1) is 0 Å². The predicted molar refractivity (Wildman–Crippen MR) is 102 cm³/mol. The minimum Gasteiger partial charge on any atom is -0.484 e. The third-order valence-corrected chi connectivity index (χ3v) is 4.95. The SMILES string of the molecule is CN(CCCNC(=O)NCc1ccc(OCC(F)(F)F)cc1)C1CCCCC1. The largest absolute Gasteiger partial charge is 0.484 e. The van der Waals surface area contributed by atoms with Gasteiger partial charge in [0.1, 0.15) is 5.75 Å². The maximum absolute atomic E-state index is 12.1. The molecule has 5 nitrogen and oxygen atoms in total. The molecule has 0 saturated heterocycles. The molecule has 2 N–H and O–H groups in total. The van der Waals surface area contributed by atoms with Gasteiger partial charge in [-0.2, -0.15) is 13.2 Å². The van der Waals surface area contributed by atoms with Gasteiger partial charge >= 0.3 is 12.2 Å². The molecule has 0 spiro atoms. The highest BCUT2D eigenvalue weighted by Gasteiger charge is 2.28. The van der Waals surface area contributed by atoms with Gasteiger partial charge in [0.25, 0.3) is 0 Å². The zero-order valence-corrected chi connectivity index (χ0v) is 16.4. The lowest BCUT2D eigenvalue weighted by Crippen LogP contribution is -2.38. The molecule has 0 atom stereocenters. The summed E-state index contributed by atoms with van der Waals surface area (Å²) in [5, 5.41) is 5.57. The van der Waals surface area contributed by atoms with Crippen LogP contribution in [0.15, 0.2) is 24.3 Å². The van der Waals surface area contributed by atoms with Crippen LogP contribution in [0.4, 0.5) is 18.0 Å². The molecule has 1 aliphatic rings. The second-order valence-electron chi connectivity index (χ2n) is 7.28. The van der Waals surface area contributed by atoms with Crippen LogP contribution in [0.5, 0.6) is 5.75 Å². The number of hydrogen-bond acceptors (Lipinski definition) is 3. The third-order valence-electron chi connectivity index (χ3n) is 4.95. The van der Waals surface area contributed by atoms with Crippen LogP contribution in [0.1, 0.15) is 44.1 Å². The van der Waals surface area contributed by atoms with Gasteiger partial charge in [0.2, 0.25) is 0 Å². The average molecular weight is 401 g/mol. The second-order valence-corrected chi connectivity index (χ2v) is 7.28. The van der Waals surface area contributed by atoms with E-state index < -0.39 is 12.8 Å². The summed E-state index contributed by atoms with van der Waals surface area (Å²) in [5.41, 5.74) is 0.784. The Kier molecular flexibility index (Phi) is 8.89. The molecule has 158 valence electrons. The fourth-order valence-corrected chi connectivity index (χ4v) is 3.35. The Labute approximate surface area is 164 Å². The summed E-state index contributed by atoms with van der Waals surface area (Å²) in [6.45, 7) is 0.549. The van der Waals surface area contributed by atoms with Crippen molar-refractivity contribution in [2.45, 2.75) is 57.3 Å². The molecule has 0 radical (unpaired) electrons. The van der Waals surface area contributed by atoms with E-state index in [9.17, 15) is 18.0 Å². The van der Waals surface area contributed by atoms with Gasteiger partial charge in [0, 0.05) is 19.1 Å². The van der Waals surface area contributed by atoms with Gasteiger partial charge in [0.15, 0.2) is 6.61 Å². The van der Waals surface area contributed by atoms with Crippen LogP contribution in [0.2, 0.25) is 0 Å². The van der Waals surface area contributed by atoms with E-state index in [0.717, 1.165) is 18.5 Å². The van der Waals surface area contributed by atoms with Crippen molar-refractivity contribution in [3.05, 3.63) is 29.8 Å². The number of benzene rings is 1. The Bertz CT molecular complexity index is 587. The van der Waals surface area contributed by atoms with E-state index in [4.69, 9.17) is 0 Å². The Morgan fingerprint density at radius 1 is 1.14 bits per heavy atom. The normalized spacial score (nSPS) is 15.5. The summed E-state index contributed by atoms with van der Waals surface area (Å²) in [5.74, 6) is 0.146. The highest BCUT2D eigenvalue weighted by Crippen LogP contribution is 2.21. The zero-order chi connectivity index (χ0) is 20.4. The van der Waals surface area contributed by atoms with Crippen molar-refractivity contribution in [3.8, 4) is 5.75 Å². The summed E-state index contributed by atoms with van der Waals surface area (Å²) in [4.78, 5) is 14.2. The van der Waals surface area contributed by atoms with Gasteiger partial charge in [-0.25, -0.2) is 4.79 Å². The molecule has 2 amide bonds. The van der Waals surface area contributed by atoms with Crippen LogP contribution in [0.25, 0.3) is 0 Å². The molecule has 1 aromatic carbocycles. The first-order valence-corrected chi connectivity index (χ1v) is 9.84. The van der Waals surface area contributed by atoms with Crippen LogP contribution in [-0.2, 0) is 6.54 Å². The van der Waals surface area contributed by atoms with Gasteiger partial charge in [-0.15, -0.1) is 0 Å². The molecule has 1 aliphatic carbocycles. The summed E-state index contributed by atoms with van der Waals surface area (Å²) < 4.78 is 41.0. The quantitative estimate of drug-likeness (QED) is 0.613. The number of nitrogens with zero attached hydrogens (tertiary/aromatic N) is 1. The molecule has 28 heavy (non-hydrogen) atoms. The first-order valence-electron chi connectivity index (χ1n) is 9.84. The van der Waals surface area contributed by atoms with Crippen molar-refractivity contribution in [3.63, 3.8) is 0 Å². The summed E-state index contributed by atoms with van der Waals surface area (Å²) in [7, 11) is 2.15. The predicted octanol–water partition coefficient (Wildman–Crippen LogP) is 4.08. The van der Waals surface area contributed by atoms with Gasteiger partial charge < -0.3 is 20.3 Å². The summed E-state index contributed by atoms with van der Waals surface area (Å²) in [6.07, 6.45) is 3.04. The Morgan fingerprint density at radius 2 is 1.82 bits per heavy atom. The minimum absolute atomic E-state index is 0.146. The van der Waals surface area contributed by atoms with Crippen molar-refractivity contribution < 1.29 is 22.7 Å². The Hall–Kier alpha value is -1.96. The Morgan fingerprint density at radius 3 is 2.46 bits per heavy atom. The van der Waals surface area contributed by atoms with Gasteiger partial charge in [0.05, 0.1) is 0 Å². The number of urea groups is 1. The maximum atomic E-state index is 12.1. The Balaban J connectivity index is 1.57. The van der Waals surface area contributed by atoms with Crippen molar-refractivity contribution in [1.82, 2.24) is 15.5 Å². The molecule has 1 aromatic rings. The van der Waals surface area contributed by atoms with Crippen molar-refractivity contribution in [2.75, 3.05) is 26.7 Å². The van der Waals surface area contributed by atoms with E-state index in [0.29, 0.717) is 19.1 Å². The number of amides is 2. The molecule has 2 rings (SSSR count). The van der Waals surface area contributed by atoms with Crippen LogP contribution in [-0.4, -0.2) is 49.9 Å². The topological polar surface area (TPSA) is 53.6 Å². The average Bonchev–Trinajstić information content (AvgIpc) is 2.69. The number of rotatable bonds is 9. The second kappa shape index (κ2) is 11.1. The molecule has 0 aliphatic heterocycles. The van der Waals surface area contributed by atoms with Gasteiger partial charge in [-0.3, -0.25) is 0 Å². The van der Waals surface area contributed by atoms with Crippen LogP contribution < -0.4 is 15.4 Å². The molecule has 0 heterocycles. The lowest BCUT2D eigenvalue weighted by molar-refractivity contribution is -0.153. The number of nitrogens with one attached hydrogen (secondary N) is 2. The molecule has 0 bridgehead atoms.